The first-order valence-corrected chi connectivity index (χ1v) is 10.2. The molecule has 158 valence electrons. The van der Waals surface area contributed by atoms with E-state index in [0.29, 0.717) is 35.2 Å². The summed E-state index contributed by atoms with van der Waals surface area (Å²) in [7, 11) is 1.56. The summed E-state index contributed by atoms with van der Waals surface area (Å²) in [6, 6.07) is 10.8. The van der Waals surface area contributed by atoms with Crippen molar-refractivity contribution in [3.05, 3.63) is 70.3 Å². The van der Waals surface area contributed by atoms with Crippen LogP contribution in [0.5, 0.6) is 5.88 Å². The summed E-state index contributed by atoms with van der Waals surface area (Å²) >= 11 is 6.06. The Balaban J connectivity index is 1.62. The minimum atomic E-state index is -0.391. The Labute approximate surface area is 185 Å². The molecular formula is C22H21ClN6O2. The second-order valence-corrected chi connectivity index (χ2v) is 7.54. The first-order valence-electron chi connectivity index (χ1n) is 9.77. The first-order chi connectivity index (χ1) is 15.1. The van der Waals surface area contributed by atoms with Crippen molar-refractivity contribution in [3.8, 4) is 11.9 Å². The highest BCUT2D eigenvalue weighted by Crippen LogP contribution is 2.31. The molecule has 8 nitrogen and oxygen atoms in total. The molecular weight excluding hydrogens is 416 g/mol. The smallest absolute Gasteiger partial charge is 0.212 e. The van der Waals surface area contributed by atoms with Crippen LogP contribution in [0.25, 0.3) is 0 Å². The van der Waals surface area contributed by atoms with Crippen molar-refractivity contribution in [2.45, 2.75) is 19.0 Å². The van der Waals surface area contributed by atoms with E-state index >= 15 is 0 Å². The number of halogens is 1. The van der Waals surface area contributed by atoms with Crippen LogP contribution in [0.2, 0.25) is 5.02 Å². The van der Waals surface area contributed by atoms with Gasteiger partial charge in [-0.3, -0.25) is 0 Å². The molecule has 1 atom stereocenters. The number of fused-ring (bicyclic) bond motifs is 1. The summed E-state index contributed by atoms with van der Waals surface area (Å²) in [4.78, 5) is 15.2. The molecule has 0 saturated carbocycles. The van der Waals surface area contributed by atoms with Gasteiger partial charge >= 0.3 is 0 Å². The molecule has 0 fully saturated rings. The van der Waals surface area contributed by atoms with Gasteiger partial charge in [0, 0.05) is 42.4 Å². The predicted molar refractivity (Wildman–Crippen MR) is 117 cm³/mol. The Kier molecular flexibility index (Phi) is 6.16. The molecule has 0 spiro atoms. The lowest BCUT2D eigenvalue weighted by molar-refractivity contribution is 0.275. The summed E-state index contributed by atoms with van der Waals surface area (Å²) in [5, 5.41) is 23.3. The van der Waals surface area contributed by atoms with Gasteiger partial charge in [0.05, 0.1) is 36.7 Å². The van der Waals surface area contributed by atoms with E-state index in [1.54, 1.807) is 31.5 Å². The molecule has 1 aliphatic heterocycles. The van der Waals surface area contributed by atoms with Crippen molar-refractivity contribution >= 4 is 23.1 Å². The summed E-state index contributed by atoms with van der Waals surface area (Å²) in [5.41, 5.74) is 4.05. The van der Waals surface area contributed by atoms with Gasteiger partial charge in [-0.05, 0) is 29.8 Å². The van der Waals surface area contributed by atoms with Crippen molar-refractivity contribution < 1.29 is 9.84 Å². The van der Waals surface area contributed by atoms with Crippen LogP contribution in [0, 0.1) is 11.3 Å². The van der Waals surface area contributed by atoms with E-state index in [2.05, 4.69) is 31.2 Å². The fraction of sp³-hybridized carbons (Fsp3) is 0.273. The second-order valence-electron chi connectivity index (χ2n) is 7.11. The number of aliphatic hydroxyl groups is 1. The first kappa shape index (κ1) is 20.8. The maximum absolute atomic E-state index is 9.97. The number of nitrogens with zero attached hydrogens (tertiary/aromatic N) is 5. The van der Waals surface area contributed by atoms with E-state index in [1.165, 1.54) is 6.33 Å². The number of anilines is 2. The molecule has 0 bridgehead atoms. The van der Waals surface area contributed by atoms with Crippen LogP contribution in [0.4, 0.5) is 11.5 Å². The van der Waals surface area contributed by atoms with Crippen LogP contribution in [-0.2, 0) is 13.0 Å². The Morgan fingerprint density at radius 3 is 2.87 bits per heavy atom. The molecule has 1 aromatic carbocycles. The lowest BCUT2D eigenvalue weighted by atomic mass is 10.0. The molecule has 0 amide bonds. The number of methoxy groups -OCH3 is 1. The number of hydrogen-bond acceptors (Lipinski definition) is 8. The fourth-order valence-electron chi connectivity index (χ4n) is 3.66. The van der Waals surface area contributed by atoms with E-state index in [0.717, 1.165) is 29.1 Å². The highest BCUT2D eigenvalue weighted by atomic mass is 35.5. The third-order valence-corrected chi connectivity index (χ3v) is 5.52. The van der Waals surface area contributed by atoms with Gasteiger partial charge in [0.2, 0.25) is 5.88 Å². The van der Waals surface area contributed by atoms with Gasteiger partial charge in [0.15, 0.2) is 0 Å². The highest BCUT2D eigenvalue weighted by Gasteiger charge is 2.24. The summed E-state index contributed by atoms with van der Waals surface area (Å²) < 4.78 is 5.10. The number of aromatic nitrogens is 3. The van der Waals surface area contributed by atoms with E-state index < -0.39 is 6.04 Å². The van der Waals surface area contributed by atoms with Crippen molar-refractivity contribution in [3.63, 3.8) is 0 Å². The van der Waals surface area contributed by atoms with Crippen molar-refractivity contribution in [1.82, 2.24) is 15.0 Å². The Bertz CT molecular complexity index is 1120. The number of rotatable bonds is 6. The van der Waals surface area contributed by atoms with Gasteiger partial charge in [-0.2, -0.15) is 5.26 Å². The minimum Gasteiger partial charge on any atom is -0.481 e. The zero-order chi connectivity index (χ0) is 21.8. The number of ether oxygens (including phenoxy) is 1. The second kappa shape index (κ2) is 9.16. The predicted octanol–water partition coefficient (Wildman–Crippen LogP) is 3.11. The number of aliphatic hydroxyl groups excluding tert-OH is 1. The van der Waals surface area contributed by atoms with Crippen molar-refractivity contribution in [2.75, 3.05) is 30.5 Å². The zero-order valence-corrected chi connectivity index (χ0v) is 17.7. The van der Waals surface area contributed by atoms with Crippen LogP contribution >= 0.6 is 11.6 Å². The number of pyridine rings is 1. The molecule has 3 heterocycles. The van der Waals surface area contributed by atoms with Crippen molar-refractivity contribution in [2.24, 2.45) is 0 Å². The molecule has 0 saturated heterocycles. The van der Waals surface area contributed by atoms with Gasteiger partial charge in [0.25, 0.3) is 0 Å². The number of nitriles is 1. The summed E-state index contributed by atoms with van der Waals surface area (Å²) in [6.07, 6.45) is 3.91. The molecule has 31 heavy (non-hydrogen) atoms. The van der Waals surface area contributed by atoms with E-state index in [1.807, 2.05) is 12.1 Å². The number of hydrogen-bond donors (Lipinski definition) is 2. The highest BCUT2D eigenvalue weighted by molar-refractivity contribution is 6.30. The number of benzene rings is 1. The van der Waals surface area contributed by atoms with Gasteiger partial charge in [-0.1, -0.05) is 11.6 Å². The van der Waals surface area contributed by atoms with E-state index in [9.17, 15) is 10.4 Å². The molecule has 4 rings (SSSR count). The number of nitrogens with one attached hydrogen (secondary N) is 1. The maximum atomic E-state index is 9.97. The third-order valence-electron chi connectivity index (χ3n) is 5.29. The molecule has 9 heteroatoms. The lowest BCUT2D eigenvalue weighted by Crippen LogP contribution is -2.33. The monoisotopic (exact) mass is 436 g/mol. The minimum absolute atomic E-state index is 0.133. The van der Waals surface area contributed by atoms with Crippen molar-refractivity contribution in [1.29, 1.82) is 5.26 Å². The normalized spacial score (nSPS) is 13.8. The topological polar surface area (TPSA) is 107 Å². The van der Waals surface area contributed by atoms with Gasteiger partial charge in [0.1, 0.15) is 18.2 Å². The third kappa shape index (κ3) is 4.38. The Morgan fingerprint density at radius 2 is 2.16 bits per heavy atom. The van der Waals surface area contributed by atoms with Crippen LogP contribution < -0.4 is 15.0 Å². The van der Waals surface area contributed by atoms with E-state index in [4.69, 9.17) is 16.3 Å². The lowest BCUT2D eigenvalue weighted by Gasteiger charge is -2.32. The SMILES string of the molecule is COc1ccc(C(CO)Nc2ncnc3c2CN(c2ccc(Cl)cc2C#N)CC3)cn1. The molecule has 1 aliphatic rings. The quantitative estimate of drug-likeness (QED) is 0.607. The Morgan fingerprint density at radius 1 is 1.29 bits per heavy atom. The van der Waals surface area contributed by atoms with Gasteiger partial charge in [-0.15, -0.1) is 0 Å². The average molecular weight is 437 g/mol. The van der Waals surface area contributed by atoms with Crippen LogP contribution in [0.1, 0.15) is 28.4 Å². The molecule has 0 aliphatic carbocycles. The molecule has 1 unspecified atom stereocenters. The van der Waals surface area contributed by atoms with Gasteiger partial charge < -0.3 is 20.1 Å². The van der Waals surface area contributed by atoms with Crippen LogP contribution in [0.15, 0.2) is 42.9 Å². The molecule has 0 radical (unpaired) electrons. The summed E-state index contributed by atoms with van der Waals surface area (Å²) in [6.45, 7) is 1.13. The van der Waals surface area contributed by atoms with Crippen LogP contribution in [0.3, 0.4) is 0 Å². The zero-order valence-electron chi connectivity index (χ0n) is 16.9. The Hall–Kier alpha value is -3.41. The average Bonchev–Trinajstić information content (AvgIpc) is 2.82. The standard InChI is InChI=1S/C22H21ClN6O2/c1-31-21-5-2-14(10-25-21)19(12-30)28-22-17-11-29(7-6-18(17)26-13-27-22)20-4-3-16(23)8-15(20)9-24/h2-5,8,10,13,19,30H,6-7,11-12H2,1H3,(H,26,27,28). The summed E-state index contributed by atoms with van der Waals surface area (Å²) in [5.74, 6) is 1.16. The largest absolute Gasteiger partial charge is 0.481 e. The molecule has 2 N–H and O–H groups in total. The van der Waals surface area contributed by atoms with Gasteiger partial charge in [-0.25, -0.2) is 15.0 Å². The molecule has 3 aromatic rings. The molecule has 2 aromatic heterocycles. The van der Waals surface area contributed by atoms with Crippen LogP contribution in [-0.4, -0.2) is 40.3 Å². The maximum Gasteiger partial charge on any atom is 0.212 e. The van der Waals surface area contributed by atoms with E-state index in [-0.39, 0.29) is 6.61 Å². The fourth-order valence-corrected chi connectivity index (χ4v) is 3.83.